The fraction of sp³-hybridized carbons (Fsp3) is 0.462. The van der Waals surface area contributed by atoms with Crippen molar-refractivity contribution in [3.05, 3.63) is 34.9 Å². The molecule has 1 rings (SSSR count). The zero-order chi connectivity index (χ0) is 12.9. The van der Waals surface area contributed by atoms with Crippen molar-refractivity contribution in [3.63, 3.8) is 0 Å². The molecule has 0 radical (unpaired) electrons. The average Bonchev–Trinajstić information content (AvgIpc) is 2.25. The van der Waals surface area contributed by atoms with Crippen molar-refractivity contribution < 1.29 is 13.2 Å². The van der Waals surface area contributed by atoms with Gasteiger partial charge in [0.2, 0.25) is 0 Å². The lowest BCUT2D eigenvalue weighted by Gasteiger charge is -2.21. The maximum Gasteiger partial charge on any atom is 0.412 e. The SMILES string of the molecule is CC1=C(C(F)(F)F)CCC=C1CC/C=C/C#N. The van der Waals surface area contributed by atoms with Gasteiger partial charge in [-0.1, -0.05) is 12.2 Å². The molecular weight excluding hydrogens is 227 g/mol. The monoisotopic (exact) mass is 241 g/mol. The third-order valence-corrected chi connectivity index (χ3v) is 2.83. The van der Waals surface area contributed by atoms with E-state index in [4.69, 9.17) is 5.26 Å². The van der Waals surface area contributed by atoms with E-state index in [2.05, 4.69) is 0 Å². The standard InChI is InChI=1S/C13H14F3N/c1-10-11(6-3-2-4-9-17)7-5-8-12(10)13(14,15)16/h2,4,7H,3,5-6,8H2,1H3/b4-2+. The highest BCUT2D eigenvalue weighted by Crippen LogP contribution is 2.38. The number of halogens is 3. The van der Waals surface area contributed by atoms with Crippen molar-refractivity contribution in [3.8, 4) is 6.07 Å². The average molecular weight is 241 g/mol. The fourth-order valence-electron chi connectivity index (χ4n) is 1.94. The van der Waals surface area contributed by atoms with E-state index < -0.39 is 11.7 Å². The molecule has 1 aliphatic carbocycles. The molecule has 0 bridgehead atoms. The van der Waals surface area contributed by atoms with Gasteiger partial charge < -0.3 is 0 Å². The third kappa shape index (κ3) is 3.77. The van der Waals surface area contributed by atoms with Gasteiger partial charge in [-0.15, -0.1) is 0 Å². The number of alkyl halides is 3. The topological polar surface area (TPSA) is 23.8 Å². The van der Waals surface area contributed by atoms with E-state index >= 15 is 0 Å². The molecule has 4 heteroatoms. The summed E-state index contributed by atoms with van der Waals surface area (Å²) in [4.78, 5) is 0. The summed E-state index contributed by atoms with van der Waals surface area (Å²) in [6, 6.07) is 1.86. The predicted molar refractivity (Wildman–Crippen MR) is 60.1 cm³/mol. The maximum atomic E-state index is 12.7. The summed E-state index contributed by atoms with van der Waals surface area (Å²) in [5.74, 6) is 0. The molecule has 0 aromatic carbocycles. The molecule has 0 saturated heterocycles. The Bertz CT molecular complexity index is 405. The summed E-state index contributed by atoms with van der Waals surface area (Å²) >= 11 is 0. The molecule has 0 heterocycles. The van der Waals surface area contributed by atoms with Crippen molar-refractivity contribution in [2.24, 2.45) is 0 Å². The Labute approximate surface area is 98.9 Å². The number of nitrogens with zero attached hydrogens (tertiary/aromatic N) is 1. The lowest BCUT2D eigenvalue weighted by Crippen LogP contribution is -2.16. The minimum atomic E-state index is -4.22. The van der Waals surface area contributed by atoms with Crippen LogP contribution in [0.4, 0.5) is 13.2 Å². The Morgan fingerprint density at radius 1 is 1.47 bits per heavy atom. The summed E-state index contributed by atoms with van der Waals surface area (Å²) in [6.07, 6.45) is 2.36. The van der Waals surface area contributed by atoms with E-state index in [0.717, 1.165) is 5.57 Å². The van der Waals surface area contributed by atoms with Crippen LogP contribution in [0.5, 0.6) is 0 Å². The van der Waals surface area contributed by atoms with E-state index in [1.54, 1.807) is 6.08 Å². The lowest BCUT2D eigenvalue weighted by molar-refractivity contribution is -0.0948. The molecule has 0 aromatic heterocycles. The van der Waals surface area contributed by atoms with Crippen LogP contribution in [-0.2, 0) is 0 Å². The second-order valence-electron chi connectivity index (χ2n) is 3.94. The predicted octanol–water partition coefficient (Wildman–Crippen LogP) is 4.45. The van der Waals surface area contributed by atoms with E-state index in [1.165, 1.54) is 13.0 Å². The third-order valence-electron chi connectivity index (χ3n) is 2.83. The minimum Gasteiger partial charge on any atom is -0.193 e. The van der Waals surface area contributed by atoms with Gasteiger partial charge in [-0.05, 0) is 43.8 Å². The first-order valence-corrected chi connectivity index (χ1v) is 5.47. The summed E-state index contributed by atoms with van der Waals surface area (Å²) in [5.41, 5.74) is 0.708. The molecule has 0 N–H and O–H groups in total. The maximum absolute atomic E-state index is 12.7. The highest BCUT2D eigenvalue weighted by molar-refractivity contribution is 5.39. The molecule has 0 atom stereocenters. The molecule has 17 heavy (non-hydrogen) atoms. The van der Waals surface area contributed by atoms with Gasteiger partial charge in [-0.2, -0.15) is 18.4 Å². The lowest BCUT2D eigenvalue weighted by atomic mass is 9.89. The van der Waals surface area contributed by atoms with Crippen molar-refractivity contribution in [2.75, 3.05) is 0 Å². The summed E-state index contributed by atoms with van der Waals surface area (Å²) < 4.78 is 38.0. The van der Waals surface area contributed by atoms with Crippen LogP contribution in [0.25, 0.3) is 0 Å². The molecule has 0 aromatic rings. The van der Waals surface area contributed by atoms with Crippen LogP contribution in [0.15, 0.2) is 34.9 Å². The zero-order valence-corrected chi connectivity index (χ0v) is 9.64. The van der Waals surface area contributed by atoms with Gasteiger partial charge in [-0.3, -0.25) is 0 Å². The zero-order valence-electron chi connectivity index (χ0n) is 9.64. The molecule has 0 spiro atoms. The van der Waals surface area contributed by atoms with Crippen LogP contribution in [0.2, 0.25) is 0 Å². The van der Waals surface area contributed by atoms with Crippen LogP contribution < -0.4 is 0 Å². The molecule has 0 aliphatic heterocycles. The van der Waals surface area contributed by atoms with E-state index in [1.807, 2.05) is 12.1 Å². The van der Waals surface area contributed by atoms with Crippen LogP contribution >= 0.6 is 0 Å². The normalized spacial score (nSPS) is 17.2. The first-order valence-electron chi connectivity index (χ1n) is 5.47. The van der Waals surface area contributed by atoms with Gasteiger partial charge in [0, 0.05) is 11.6 Å². The quantitative estimate of drug-likeness (QED) is 0.670. The van der Waals surface area contributed by atoms with Gasteiger partial charge in [0.15, 0.2) is 0 Å². The molecule has 0 unspecified atom stereocenters. The number of rotatable bonds is 3. The second-order valence-corrected chi connectivity index (χ2v) is 3.94. The van der Waals surface area contributed by atoms with Crippen molar-refractivity contribution in [2.45, 2.75) is 38.8 Å². The highest BCUT2D eigenvalue weighted by Gasteiger charge is 2.36. The first kappa shape index (κ1) is 13.6. The van der Waals surface area contributed by atoms with Crippen LogP contribution in [-0.4, -0.2) is 6.18 Å². The Morgan fingerprint density at radius 2 is 2.18 bits per heavy atom. The van der Waals surface area contributed by atoms with Crippen LogP contribution in [0.3, 0.4) is 0 Å². The molecule has 1 nitrogen and oxygen atoms in total. The van der Waals surface area contributed by atoms with Crippen LogP contribution in [0, 0.1) is 11.3 Å². The Kier molecular flexibility index (Phi) is 4.56. The van der Waals surface area contributed by atoms with Crippen molar-refractivity contribution in [1.82, 2.24) is 0 Å². The second kappa shape index (κ2) is 5.72. The smallest absolute Gasteiger partial charge is 0.193 e. The van der Waals surface area contributed by atoms with Crippen molar-refractivity contribution >= 4 is 0 Å². The molecule has 0 fully saturated rings. The summed E-state index contributed by atoms with van der Waals surface area (Å²) in [7, 11) is 0. The van der Waals surface area contributed by atoms with E-state index in [-0.39, 0.29) is 6.42 Å². The Hall–Kier alpha value is -1.50. The van der Waals surface area contributed by atoms with Gasteiger partial charge >= 0.3 is 6.18 Å². The van der Waals surface area contributed by atoms with Crippen molar-refractivity contribution in [1.29, 1.82) is 5.26 Å². The number of allylic oxidation sites excluding steroid dienone is 6. The molecular formula is C13H14F3N. The number of hydrogen-bond donors (Lipinski definition) is 0. The Morgan fingerprint density at radius 3 is 2.76 bits per heavy atom. The number of nitriles is 1. The Balaban J connectivity index is 2.75. The van der Waals surface area contributed by atoms with E-state index in [0.29, 0.717) is 24.8 Å². The molecule has 1 aliphatic rings. The summed E-state index contributed by atoms with van der Waals surface area (Å²) in [6.45, 7) is 1.53. The van der Waals surface area contributed by atoms with E-state index in [9.17, 15) is 13.2 Å². The number of hydrogen-bond acceptors (Lipinski definition) is 1. The summed E-state index contributed by atoms with van der Waals surface area (Å²) in [5, 5.41) is 8.29. The molecule has 92 valence electrons. The van der Waals surface area contributed by atoms with Crippen LogP contribution in [0.1, 0.15) is 32.6 Å². The fourth-order valence-corrected chi connectivity index (χ4v) is 1.94. The van der Waals surface area contributed by atoms with Gasteiger partial charge in [0.25, 0.3) is 0 Å². The van der Waals surface area contributed by atoms with Gasteiger partial charge in [-0.25, -0.2) is 0 Å². The first-order chi connectivity index (χ1) is 7.96. The highest BCUT2D eigenvalue weighted by atomic mass is 19.4. The van der Waals surface area contributed by atoms with Gasteiger partial charge in [0.1, 0.15) is 0 Å². The van der Waals surface area contributed by atoms with Gasteiger partial charge in [0.05, 0.1) is 6.07 Å². The molecule has 0 saturated carbocycles. The largest absolute Gasteiger partial charge is 0.412 e. The molecule has 0 amide bonds. The minimum absolute atomic E-state index is 0.0763.